The molecule has 1 aromatic heterocycles. The van der Waals surface area contributed by atoms with Crippen LogP contribution in [0.1, 0.15) is 79.5 Å². The number of aromatic amines is 1. The molecule has 8 nitrogen and oxygen atoms in total. The topological polar surface area (TPSA) is 120 Å². The number of likely N-dealkylation sites (tertiary alicyclic amines) is 1. The van der Waals surface area contributed by atoms with E-state index in [-0.39, 0.29) is 41.8 Å². The van der Waals surface area contributed by atoms with Crippen molar-refractivity contribution in [2.75, 3.05) is 13.2 Å². The zero-order valence-corrected chi connectivity index (χ0v) is 19.7. The van der Waals surface area contributed by atoms with Crippen LogP contribution in [0.5, 0.6) is 0 Å². The summed E-state index contributed by atoms with van der Waals surface area (Å²) in [4.78, 5) is 56.8. The second-order valence-electron chi connectivity index (χ2n) is 10.6. The van der Waals surface area contributed by atoms with Crippen LogP contribution < -0.4 is 5.32 Å². The number of hydrogen-bond donors (Lipinski definition) is 3. The molecule has 1 aromatic rings. The van der Waals surface area contributed by atoms with Crippen molar-refractivity contribution in [1.29, 1.82) is 0 Å². The number of nitrogens with zero attached hydrogens (tertiary/aromatic N) is 1. The van der Waals surface area contributed by atoms with E-state index in [2.05, 4.69) is 10.3 Å². The highest BCUT2D eigenvalue weighted by Crippen LogP contribution is 2.43. The van der Waals surface area contributed by atoms with Gasteiger partial charge in [0.2, 0.25) is 5.91 Å². The molecule has 8 heteroatoms. The summed E-state index contributed by atoms with van der Waals surface area (Å²) in [6, 6.07) is 0.414. The van der Waals surface area contributed by atoms with Gasteiger partial charge in [-0.1, -0.05) is 6.42 Å². The van der Waals surface area contributed by atoms with Gasteiger partial charge >= 0.3 is 0 Å². The molecule has 34 heavy (non-hydrogen) atoms. The molecule has 0 radical (unpaired) electrons. The van der Waals surface area contributed by atoms with Crippen molar-refractivity contribution < 1.29 is 24.3 Å². The summed E-state index contributed by atoms with van der Waals surface area (Å²) < 4.78 is 0. The molecular formula is C26H35N3O5. The van der Waals surface area contributed by atoms with Crippen molar-refractivity contribution in [3.63, 3.8) is 0 Å². The van der Waals surface area contributed by atoms with E-state index in [0.717, 1.165) is 57.1 Å². The Morgan fingerprint density at radius 2 is 1.91 bits per heavy atom. The van der Waals surface area contributed by atoms with Gasteiger partial charge in [0, 0.05) is 24.6 Å². The summed E-state index contributed by atoms with van der Waals surface area (Å²) in [5, 5.41) is 12.3. The van der Waals surface area contributed by atoms with E-state index in [4.69, 9.17) is 0 Å². The summed E-state index contributed by atoms with van der Waals surface area (Å²) in [5.74, 6) is -0.750. The Balaban J connectivity index is 1.35. The first-order chi connectivity index (χ1) is 16.5. The Morgan fingerprint density at radius 1 is 1.09 bits per heavy atom. The highest BCUT2D eigenvalue weighted by atomic mass is 16.3. The first kappa shape index (κ1) is 23.3. The number of Topliss-reactive ketones (excluding diaryl/α,β-unsaturated/α-hetero) is 2. The predicted molar refractivity (Wildman–Crippen MR) is 124 cm³/mol. The Hall–Kier alpha value is -2.48. The summed E-state index contributed by atoms with van der Waals surface area (Å²) in [5.41, 5.74) is 2.87. The van der Waals surface area contributed by atoms with E-state index in [1.165, 1.54) is 5.56 Å². The lowest BCUT2D eigenvalue weighted by molar-refractivity contribution is -0.133. The number of aliphatic hydroxyl groups excluding tert-OH is 1. The number of ketones is 2. The fourth-order valence-corrected chi connectivity index (χ4v) is 6.78. The van der Waals surface area contributed by atoms with Gasteiger partial charge < -0.3 is 20.3 Å². The fraction of sp³-hybridized carbons (Fsp3) is 0.692. The van der Waals surface area contributed by atoms with E-state index in [1.807, 2.05) is 6.07 Å². The van der Waals surface area contributed by atoms with Gasteiger partial charge in [0.05, 0.1) is 6.04 Å². The molecule has 2 heterocycles. The Labute approximate surface area is 199 Å². The molecule has 3 aliphatic carbocycles. The number of aromatic nitrogens is 1. The van der Waals surface area contributed by atoms with Gasteiger partial charge in [0.15, 0.2) is 5.78 Å². The van der Waals surface area contributed by atoms with Gasteiger partial charge in [0.25, 0.3) is 5.91 Å². The van der Waals surface area contributed by atoms with Crippen LogP contribution >= 0.6 is 0 Å². The van der Waals surface area contributed by atoms with E-state index < -0.39 is 24.5 Å². The van der Waals surface area contributed by atoms with Gasteiger partial charge in [0.1, 0.15) is 24.1 Å². The molecule has 0 aromatic carbocycles. The molecule has 5 atom stereocenters. The number of hydrogen-bond acceptors (Lipinski definition) is 5. The Kier molecular flexibility index (Phi) is 6.60. The second-order valence-corrected chi connectivity index (χ2v) is 10.6. The first-order valence-corrected chi connectivity index (χ1v) is 12.9. The number of carbonyl (C=O) groups is 4. The van der Waals surface area contributed by atoms with E-state index in [1.54, 1.807) is 4.90 Å². The number of fused-ring (bicyclic) bond motifs is 2. The lowest BCUT2D eigenvalue weighted by Crippen LogP contribution is -2.53. The minimum atomic E-state index is -0.903. The normalized spacial score (nSPS) is 29.1. The monoisotopic (exact) mass is 469 g/mol. The molecular weight excluding hydrogens is 434 g/mol. The zero-order chi connectivity index (χ0) is 23.8. The van der Waals surface area contributed by atoms with Gasteiger partial charge in [-0.3, -0.25) is 19.2 Å². The SMILES string of the molecule is O=C1CCC[C@H]1C[C@H](NC(=O)[C@@H]1[C@H]2CCC[C@H]2CN1C(=O)c1cc2c([nH]1)CCCC2)C(=O)CO. The number of rotatable bonds is 7. The first-order valence-electron chi connectivity index (χ1n) is 12.9. The molecule has 4 aliphatic rings. The van der Waals surface area contributed by atoms with Crippen molar-refractivity contribution in [2.45, 2.75) is 82.7 Å². The van der Waals surface area contributed by atoms with Crippen LogP contribution in [0.25, 0.3) is 0 Å². The van der Waals surface area contributed by atoms with Gasteiger partial charge in [-0.2, -0.15) is 0 Å². The maximum absolute atomic E-state index is 13.6. The standard InChI is InChI=1S/C26H35N3O5/c30-14-23(32)20(12-16-6-4-10-22(16)31)28-25(33)24-18-8-3-7-17(18)13-29(24)26(34)21-11-15-5-1-2-9-19(15)27-21/h11,16-18,20,24,27,30H,1-10,12-14H2,(H,28,33)/t16-,17-,18-,20-,24-/m0/s1. The molecule has 1 aliphatic heterocycles. The summed E-state index contributed by atoms with van der Waals surface area (Å²) in [7, 11) is 0. The number of carbonyl (C=O) groups excluding carboxylic acids is 4. The molecule has 5 rings (SSSR count). The van der Waals surface area contributed by atoms with Crippen molar-refractivity contribution >= 4 is 23.4 Å². The van der Waals surface area contributed by atoms with Crippen LogP contribution in [-0.2, 0) is 27.2 Å². The molecule has 0 bridgehead atoms. The second kappa shape index (κ2) is 9.64. The number of aliphatic hydroxyl groups is 1. The van der Waals surface area contributed by atoms with E-state index >= 15 is 0 Å². The molecule has 2 amide bonds. The predicted octanol–water partition coefficient (Wildman–Crippen LogP) is 1.94. The lowest BCUT2D eigenvalue weighted by atomic mass is 9.91. The summed E-state index contributed by atoms with van der Waals surface area (Å²) in [6.07, 6.45) is 9.31. The number of amides is 2. The molecule has 184 valence electrons. The van der Waals surface area contributed by atoms with Gasteiger partial charge in [-0.25, -0.2) is 0 Å². The maximum Gasteiger partial charge on any atom is 0.270 e. The molecule has 2 saturated carbocycles. The Bertz CT molecular complexity index is 962. The fourth-order valence-electron chi connectivity index (χ4n) is 6.78. The Morgan fingerprint density at radius 3 is 2.65 bits per heavy atom. The number of nitrogens with one attached hydrogen (secondary N) is 2. The maximum atomic E-state index is 13.6. The minimum Gasteiger partial charge on any atom is -0.389 e. The highest BCUT2D eigenvalue weighted by Gasteiger charge is 2.50. The van der Waals surface area contributed by atoms with Crippen LogP contribution in [0.3, 0.4) is 0 Å². The quantitative estimate of drug-likeness (QED) is 0.564. The van der Waals surface area contributed by atoms with Crippen LogP contribution in [0.2, 0.25) is 0 Å². The summed E-state index contributed by atoms with van der Waals surface area (Å²) >= 11 is 0. The van der Waals surface area contributed by atoms with Crippen molar-refractivity contribution in [3.8, 4) is 0 Å². The number of H-pyrrole nitrogens is 1. The van der Waals surface area contributed by atoms with Gasteiger partial charge in [-0.05, 0) is 81.3 Å². The molecule has 3 fully saturated rings. The van der Waals surface area contributed by atoms with Crippen molar-refractivity contribution in [3.05, 3.63) is 23.0 Å². The van der Waals surface area contributed by atoms with E-state index in [9.17, 15) is 24.3 Å². The lowest BCUT2D eigenvalue weighted by Gasteiger charge is -2.29. The molecule has 0 spiro atoms. The zero-order valence-electron chi connectivity index (χ0n) is 19.7. The largest absolute Gasteiger partial charge is 0.389 e. The van der Waals surface area contributed by atoms with E-state index in [0.29, 0.717) is 25.1 Å². The van der Waals surface area contributed by atoms with Crippen LogP contribution in [0.15, 0.2) is 6.07 Å². The van der Waals surface area contributed by atoms with Crippen molar-refractivity contribution in [2.24, 2.45) is 17.8 Å². The van der Waals surface area contributed by atoms with Gasteiger partial charge in [-0.15, -0.1) is 0 Å². The third kappa shape index (κ3) is 4.32. The molecule has 1 saturated heterocycles. The molecule has 0 unspecified atom stereocenters. The van der Waals surface area contributed by atoms with Crippen molar-refractivity contribution in [1.82, 2.24) is 15.2 Å². The average molecular weight is 470 g/mol. The smallest absolute Gasteiger partial charge is 0.270 e. The third-order valence-corrected chi connectivity index (χ3v) is 8.58. The van der Waals surface area contributed by atoms with Crippen LogP contribution in [-0.4, -0.2) is 63.6 Å². The summed E-state index contributed by atoms with van der Waals surface area (Å²) in [6.45, 7) is -0.135. The molecule has 3 N–H and O–H groups in total. The van der Waals surface area contributed by atoms with Crippen LogP contribution in [0.4, 0.5) is 0 Å². The highest BCUT2D eigenvalue weighted by molar-refractivity contribution is 5.98. The van der Waals surface area contributed by atoms with Crippen LogP contribution in [0, 0.1) is 17.8 Å². The minimum absolute atomic E-state index is 0.0755. The number of aryl methyl sites for hydroxylation is 2. The average Bonchev–Trinajstić information content (AvgIpc) is 3.61. The third-order valence-electron chi connectivity index (χ3n) is 8.58.